The fraction of sp³-hybridized carbons (Fsp3) is 0.600. The van der Waals surface area contributed by atoms with Gasteiger partial charge in [0, 0.05) is 6.54 Å². The van der Waals surface area contributed by atoms with Crippen LogP contribution >= 0.6 is 0 Å². The number of hydrogen-bond donors (Lipinski definition) is 1. The van der Waals surface area contributed by atoms with Gasteiger partial charge >= 0.3 is 0 Å². The number of sulfonamides is 1. The van der Waals surface area contributed by atoms with E-state index in [1.807, 2.05) is 0 Å². The van der Waals surface area contributed by atoms with Crippen molar-refractivity contribution in [1.82, 2.24) is 5.32 Å². The highest BCUT2D eigenvalue weighted by molar-refractivity contribution is 7.92. The molecule has 0 bridgehead atoms. The first kappa shape index (κ1) is 17.9. The molecule has 0 atom stereocenters. The number of para-hydroxylation sites is 1. The molecule has 0 heterocycles. The van der Waals surface area contributed by atoms with Gasteiger partial charge in [-0.15, -0.1) is 0 Å². The second kappa shape index (κ2) is 9.00. The lowest BCUT2D eigenvalue weighted by atomic mass is 10.3. The Morgan fingerprint density at radius 3 is 2.48 bits per heavy atom. The summed E-state index contributed by atoms with van der Waals surface area (Å²) in [7, 11) is -3.48. The lowest BCUT2D eigenvalue weighted by Gasteiger charge is -2.23. The molecule has 1 N–H and O–H groups in total. The van der Waals surface area contributed by atoms with Crippen LogP contribution < -0.4 is 9.62 Å². The Balaban J connectivity index is 2.61. The van der Waals surface area contributed by atoms with Gasteiger partial charge in [-0.2, -0.15) is 0 Å². The van der Waals surface area contributed by atoms with E-state index in [0.717, 1.165) is 30.2 Å². The molecule has 0 aliphatic heterocycles. The maximum absolute atomic E-state index is 13.8. The van der Waals surface area contributed by atoms with Crippen LogP contribution in [0.15, 0.2) is 24.3 Å². The van der Waals surface area contributed by atoms with Gasteiger partial charge in [0.1, 0.15) is 5.82 Å². The van der Waals surface area contributed by atoms with E-state index in [-0.39, 0.29) is 18.0 Å². The van der Waals surface area contributed by atoms with Crippen LogP contribution in [-0.2, 0) is 10.0 Å². The van der Waals surface area contributed by atoms with Crippen LogP contribution in [-0.4, -0.2) is 33.8 Å². The lowest BCUT2D eigenvalue weighted by molar-refractivity contribution is 0.578. The Hall–Kier alpha value is -1.14. The number of benzene rings is 1. The predicted molar refractivity (Wildman–Crippen MR) is 85.6 cm³/mol. The molecule has 1 aromatic rings. The van der Waals surface area contributed by atoms with Crippen molar-refractivity contribution < 1.29 is 12.8 Å². The molecule has 21 heavy (non-hydrogen) atoms. The number of rotatable bonds is 10. The maximum Gasteiger partial charge on any atom is 0.235 e. The smallest absolute Gasteiger partial charge is 0.235 e. The van der Waals surface area contributed by atoms with Crippen LogP contribution in [0.2, 0.25) is 0 Å². The summed E-state index contributed by atoms with van der Waals surface area (Å²) in [6.07, 6.45) is 2.44. The third-order valence-electron chi connectivity index (χ3n) is 3.18. The molecule has 0 aromatic heterocycles. The summed E-state index contributed by atoms with van der Waals surface area (Å²) in [5, 5.41) is 3.24. The van der Waals surface area contributed by atoms with Crippen molar-refractivity contribution in [3.8, 4) is 0 Å². The van der Waals surface area contributed by atoms with E-state index in [1.54, 1.807) is 19.1 Å². The summed E-state index contributed by atoms with van der Waals surface area (Å²) in [5.41, 5.74) is 0.129. The Bertz CT molecular complexity index is 520. The van der Waals surface area contributed by atoms with Gasteiger partial charge in [0.05, 0.1) is 11.4 Å². The summed E-state index contributed by atoms with van der Waals surface area (Å²) >= 11 is 0. The van der Waals surface area contributed by atoms with Gasteiger partial charge in [-0.3, -0.25) is 4.31 Å². The number of nitrogens with zero attached hydrogens (tertiary/aromatic N) is 1. The Labute approximate surface area is 127 Å². The molecule has 0 amide bonds. The zero-order valence-electron chi connectivity index (χ0n) is 12.8. The molecule has 1 rings (SSSR count). The molecule has 0 aliphatic carbocycles. The third kappa shape index (κ3) is 5.63. The molecule has 0 fully saturated rings. The monoisotopic (exact) mass is 316 g/mol. The predicted octanol–water partition coefficient (Wildman–Crippen LogP) is 2.76. The standard InChI is InChI=1S/C15H25FN2O2S/c1-3-11-17-12-7-8-13-21(19,20)18(4-2)15-10-6-5-9-14(15)16/h5-6,9-10,17H,3-4,7-8,11-13H2,1-2H3. The van der Waals surface area contributed by atoms with E-state index in [9.17, 15) is 12.8 Å². The van der Waals surface area contributed by atoms with E-state index < -0.39 is 15.8 Å². The van der Waals surface area contributed by atoms with Crippen LogP contribution in [0.4, 0.5) is 10.1 Å². The normalized spacial score (nSPS) is 11.6. The first-order valence-corrected chi connectivity index (χ1v) is 9.09. The minimum atomic E-state index is -3.48. The third-order valence-corrected chi connectivity index (χ3v) is 5.11. The van der Waals surface area contributed by atoms with Crippen LogP contribution in [0, 0.1) is 5.82 Å². The van der Waals surface area contributed by atoms with Crippen LogP contribution in [0.1, 0.15) is 33.1 Å². The molecule has 1 aromatic carbocycles. The summed E-state index contributed by atoms with van der Waals surface area (Å²) < 4.78 is 39.6. The van der Waals surface area contributed by atoms with Gasteiger partial charge in [0.2, 0.25) is 10.0 Å². The number of anilines is 1. The molecule has 0 aliphatic rings. The first-order chi connectivity index (χ1) is 10.0. The minimum Gasteiger partial charge on any atom is -0.317 e. The lowest BCUT2D eigenvalue weighted by Crippen LogP contribution is -2.33. The number of unbranched alkanes of at least 4 members (excludes halogenated alkanes) is 1. The van der Waals surface area contributed by atoms with E-state index >= 15 is 0 Å². The summed E-state index contributed by atoms with van der Waals surface area (Å²) in [6, 6.07) is 5.98. The van der Waals surface area contributed by atoms with E-state index in [1.165, 1.54) is 12.1 Å². The highest BCUT2D eigenvalue weighted by Crippen LogP contribution is 2.22. The number of halogens is 1. The Morgan fingerprint density at radius 2 is 1.86 bits per heavy atom. The van der Waals surface area contributed by atoms with Crippen molar-refractivity contribution in [1.29, 1.82) is 0 Å². The second-order valence-electron chi connectivity index (χ2n) is 4.89. The largest absolute Gasteiger partial charge is 0.317 e. The van der Waals surface area contributed by atoms with E-state index in [2.05, 4.69) is 12.2 Å². The van der Waals surface area contributed by atoms with Crippen molar-refractivity contribution >= 4 is 15.7 Å². The highest BCUT2D eigenvalue weighted by atomic mass is 32.2. The Kier molecular flexibility index (Phi) is 7.67. The fourth-order valence-electron chi connectivity index (χ4n) is 2.12. The van der Waals surface area contributed by atoms with E-state index in [0.29, 0.717) is 6.42 Å². The molecular weight excluding hydrogens is 291 g/mol. The topological polar surface area (TPSA) is 49.4 Å². The molecule has 0 saturated carbocycles. The van der Waals surface area contributed by atoms with Gasteiger partial charge in [-0.05, 0) is 51.4 Å². The van der Waals surface area contributed by atoms with Gasteiger partial charge in [0.25, 0.3) is 0 Å². The van der Waals surface area contributed by atoms with Gasteiger partial charge in [-0.1, -0.05) is 19.1 Å². The SMILES string of the molecule is CCCNCCCCS(=O)(=O)N(CC)c1ccccc1F. The maximum atomic E-state index is 13.8. The average Bonchev–Trinajstić information content (AvgIpc) is 2.45. The zero-order valence-corrected chi connectivity index (χ0v) is 13.6. The van der Waals surface area contributed by atoms with Gasteiger partial charge in [-0.25, -0.2) is 12.8 Å². The minimum absolute atomic E-state index is 0.0446. The molecule has 0 radical (unpaired) electrons. The second-order valence-corrected chi connectivity index (χ2v) is 6.90. The molecule has 120 valence electrons. The van der Waals surface area contributed by atoms with E-state index in [4.69, 9.17) is 0 Å². The molecule has 0 unspecified atom stereocenters. The van der Waals surface area contributed by atoms with Gasteiger partial charge < -0.3 is 5.32 Å². The van der Waals surface area contributed by atoms with Crippen molar-refractivity contribution in [3.05, 3.63) is 30.1 Å². The molecule has 6 heteroatoms. The van der Waals surface area contributed by atoms with Crippen molar-refractivity contribution in [2.75, 3.05) is 29.7 Å². The zero-order chi connectivity index (χ0) is 15.7. The van der Waals surface area contributed by atoms with Gasteiger partial charge in [0.15, 0.2) is 0 Å². The van der Waals surface area contributed by atoms with Crippen molar-refractivity contribution in [2.45, 2.75) is 33.1 Å². The van der Waals surface area contributed by atoms with Crippen molar-refractivity contribution in [3.63, 3.8) is 0 Å². The summed E-state index contributed by atoms with van der Waals surface area (Å²) in [5.74, 6) is -0.462. The molecular formula is C15H25FN2O2S. The molecule has 4 nitrogen and oxygen atoms in total. The number of nitrogens with one attached hydrogen (secondary N) is 1. The molecule has 0 spiro atoms. The van der Waals surface area contributed by atoms with Crippen molar-refractivity contribution in [2.24, 2.45) is 0 Å². The van der Waals surface area contributed by atoms with Crippen LogP contribution in [0.25, 0.3) is 0 Å². The first-order valence-electron chi connectivity index (χ1n) is 7.48. The Morgan fingerprint density at radius 1 is 1.14 bits per heavy atom. The summed E-state index contributed by atoms with van der Waals surface area (Å²) in [4.78, 5) is 0. The highest BCUT2D eigenvalue weighted by Gasteiger charge is 2.22. The fourth-order valence-corrected chi connectivity index (χ4v) is 3.75. The quantitative estimate of drug-likeness (QED) is 0.675. The summed E-state index contributed by atoms with van der Waals surface area (Å²) in [6.45, 7) is 5.80. The van der Waals surface area contributed by atoms with Crippen LogP contribution in [0.3, 0.4) is 0 Å². The average molecular weight is 316 g/mol. The number of hydrogen-bond acceptors (Lipinski definition) is 3. The van der Waals surface area contributed by atoms with Crippen LogP contribution in [0.5, 0.6) is 0 Å². The molecule has 0 saturated heterocycles.